The third kappa shape index (κ3) is 2.78. The van der Waals surface area contributed by atoms with Crippen molar-refractivity contribution in [3.8, 4) is 0 Å². The zero-order valence-electron chi connectivity index (χ0n) is 10.9. The van der Waals surface area contributed by atoms with Crippen molar-refractivity contribution >= 4 is 0 Å². The number of nitrogens with zero attached hydrogens (tertiary/aromatic N) is 1. The number of nitrogens with two attached hydrogens (primary N) is 1. The molecule has 0 aromatic heterocycles. The third-order valence-electron chi connectivity index (χ3n) is 5.04. The van der Waals surface area contributed by atoms with Gasteiger partial charge < -0.3 is 10.6 Å². The maximum absolute atomic E-state index is 5.91. The molecule has 0 atom stereocenters. The molecule has 0 aromatic carbocycles. The van der Waals surface area contributed by atoms with Crippen molar-refractivity contribution in [3.05, 3.63) is 0 Å². The molecule has 0 radical (unpaired) electrons. The maximum atomic E-state index is 5.91. The van der Waals surface area contributed by atoms with Crippen LogP contribution in [0.5, 0.6) is 0 Å². The molecule has 0 aliphatic heterocycles. The largest absolute Gasteiger partial charge is 0.330 e. The van der Waals surface area contributed by atoms with Crippen LogP contribution in [0.1, 0.15) is 57.8 Å². The van der Waals surface area contributed by atoms with Gasteiger partial charge in [-0.2, -0.15) is 0 Å². The summed E-state index contributed by atoms with van der Waals surface area (Å²) in [5.74, 6) is 0. The van der Waals surface area contributed by atoms with Crippen molar-refractivity contribution in [1.29, 1.82) is 0 Å². The average molecular weight is 224 g/mol. The molecule has 2 heteroatoms. The standard InChI is InChI=1S/C14H28N2/c1-16(13-6-3-2-4-7-13)11-10-14(12-15)8-5-9-14/h13H,2-12,15H2,1H3. The molecular weight excluding hydrogens is 196 g/mol. The lowest BCUT2D eigenvalue weighted by molar-refractivity contribution is 0.0940. The van der Waals surface area contributed by atoms with E-state index in [9.17, 15) is 0 Å². The van der Waals surface area contributed by atoms with Gasteiger partial charge in [-0.3, -0.25) is 0 Å². The van der Waals surface area contributed by atoms with Gasteiger partial charge in [0.05, 0.1) is 0 Å². The number of rotatable bonds is 5. The Morgan fingerprint density at radius 1 is 1.12 bits per heavy atom. The van der Waals surface area contributed by atoms with Gasteiger partial charge in [0.15, 0.2) is 0 Å². The van der Waals surface area contributed by atoms with Crippen molar-refractivity contribution < 1.29 is 0 Å². The van der Waals surface area contributed by atoms with Gasteiger partial charge in [-0.25, -0.2) is 0 Å². The zero-order valence-corrected chi connectivity index (χ0v) is 10.9. The predicted octanol–water partition coefficient (Wildman–Crippen LogP) is 2.77. The molecule has 0 aromatic rings. The first-order chi connectivity index (χ1) is 7.76. The van der Waals surface area contributed by atoms with Crippen LogP contribution in [0.25, 0.3) is 0 Å². The molecule has 2 nitrogen and oxygen atoms in total. The van der Waals surface area contributed by atoms with Gasteiger partial charge in [-0.05, 0) is 57.7 Å². The first-order valence-corrected chi connectivity index (χ1v) is 7.16. The Morgan fingerprint density at radius 2 is 1.81 bits per heavy atom. The number of hydrogen-bond donors (Lipinski definition) is 1. The molecule has 2 fully saturated rings. The first kappa shape index (κ1) is 12.4. The van der Waals surface area contributed by atoms with Gasteiger partial charge in [0, 0.05) is 6.04 Å². The molecule has 0 heterocycles. The molecule has 0 unspecified atom stereocenters. The van der Waals surface area contributed by atoms with Crippen LogP contribution in [0.15, 0.2) is 0 Å². The Balaban J connectivity index is 1.71. The molecule has 0 amide bonds. The minimum Gasteiger partial charge on any atom is -0.330 e. The van der Waals surface area contributed by atoms with E-state index in [0.717, 1.165) is 12.6 Å². The normalized spacial score (nSPS) is 25.7. The van der Waals surface area contributed by atoms with Crippen molar-refractivity contribution in [2.45, 2.75) is 63.8 Å². The van der Waals surface area contributed by atoms with E-state index in [2.05, 4.69) is 11.9 Å². The molecule has 2 saturated carbocycles. The lowest BCUT2D eigenvalue weighted by Crippen LogP contribution is -2.42. The van der Waals surface area contributed by atoms with Crippen LogP contribution in [-0.2, 0) is 0 Å². The molecule has 16 heavy (non-hydrogen) atoms. The van der Waals surface area contributed by atoms with Crippen LogP contribution >= 0.6 is 0 Å². The Hall–Kier alpha value is -0.0800. The smallest absolute Gasteiger partial charge is 0.00922 e. The van der Waals surface area contributed by atoms with E-state index in [0.29, 0.717) is 5.41 Å². The van der Waals surface area contributed by atoms with Gasteiger partial charge in [-0.15, -0.1) is 0 Å². The highest BCUT2D eigenvalue weighted by atomic mass is 15.1. The van der Waals surface area contributed by atoms with E-state index >= 15 is 0 Å². The Labute approximate surface area is 101 Å². The monoisotopic (exact) mass is 224 g/mol. The van der Waals surface area contributed by atoms with E-state index in [4.69, 9.17) is 5.73 Å². The van der Waals surface area contributed by atoms with Crippen LogP contribution in [0.2, 0.25) is 0 Å². The summed E-state index contributed by atoms with van der Waals surface area (Å²) in [6.45, 7) is 2.17. The summed E-state index contributed by atoms with van der Waals surface area (Å²) < 4.78 is 0. The molecule has 0 spiro atoms. The van der Waals surface area contributed by atoms with Crippen LogP contribution in [-0.4, -0.2) is 31.1 Å². The van der Waals surface area contributed by atoms with Crippen molar-refractivity contribution in [2.24, 2.45) is 11.1 Å². The summed E-state index contributed by atoms with van der Waals surface area (Å²) >= 11 is 0. The Bertz CT molecular complexity index is 199. The SMILES string of the molecule is CN(CCC1(CN)CCC1)C1CCCCC1. The fourth-order valence-electron chi connectivity index (χ4n) is 3.35. The van der Waals surface area contributed by atoms with Gasteiger partial charge in [0.2, 0.25) is 0 Å². The second-order valence-electron chi connectivity index (χ2n) is 6.08. The summed E-state index contributed by atoms with van der Waals surface area (Å²) in [6.07, 6.45) is 12.7. The molecular formula is C14H28N2. The lowest BCUT2D eigenvalue weighted by atomic mass is 9.66. The van der Waals surface area contributed by atoms with Crippen LogP contribution in [0.3, 0.4) is 0 Å². The highest BCUT2D eigenvalue weighted by molar-refractivity contribution is 4.89. The van der Waals surface area contributed by atoms with Gasteiger partial charge in [-0.1, -0.05) is 25.7 Å². The fraction of sp³-hybridized carbons (Fsp3) is 1.00. The topological polar surface area (TPSA) is 29.3 Å². The highest BCUT2D eigenvalue weighted by Crippen LogP contribution is 2.43. The third-order valence-corrected chi connectivity index (χ3v) is 5.04. The van der Waals surface area contributed by atoms with Gasteiger partial charge in [0.25, 0.3) is 0 Å². The minimum atomic E-state index is 0.531. The second kappa shape index (κ2) is 5.50. The Morgan fingerprint density at radius 3 is 2.31 bits per heavy atom. The van der Waals surface area contributed by atoms with Gasteiger partial charge in [0.1, 0.15) is 0 Å². The lowest BCUT2D eigenvalue weighted by Gasteiger charge is -2.43. The zero-order chi connectivity index (χ0) is 11.4. The highest BCUT2D eigenvalue weighted by Gasteiger charge is 2.35. The number of hydrogen-bond acceptors (Lipinski definition) is 2. The van der Waals surface area contributed by atoms with Gasteiger partial charge >= 0.3 is 0 Å². The van der Waals surface area contributed by atoms with Crippen LogP contribution in [0.4, 0.5) is 0 Å². The molecule has 2 rings (SSSR count). The second-order valence-corrected chi connectivity index (χ2v) is 6.08. The molecule has 2 aliphatic rings. The summed E-state index contributed by atoms with van der Waals surface area (Å²) in [5.41, 5.74) is 6.45. The summed E-state index contributed by atoms with van der Waals surface area (Å²) in [6, 6.07) is 0.864. The summed E-state index contributed by atoms with van der Waals surface area (Å²) in [7, 11) is 2.32. The Kier molecular flexibility index (Phi) is 4.26. The first-order valence-electron chi connectivity index (χ1n) is 7.16. The minimum absolute atomic E-state index is 0.531. The van der Waals surface area contributed by atoms with E-state index in [1.165, 1.54) is 64.3 Å². The predicted molar refractivity (Wildman–Crippen MR) is 69.5 cm³/mol. The van der Waals surface area contributed by atoms with E-state index in [1.807, 2.05) is 0 Å². The van der Waals surface area contributed by atoms with Crippen molar-refractivity contribution in [1.82, 2.24) is 4.90 Å². The maximum Gasteiger partial charge on any atom is 0.00922 e. The van der Waals surface area contributed by atoms with Crippen LogP contribution < -0.4 is 5.73 Å². The molecule has 2 aliphatic carbocycles. The molecule has 2 N–H and O–H groups in total. The fourth-order valence-corrected chi connectivity index (χ4v) is 3.35. The van der Waals surface area contributed by atoms with Crippen molar-refractivity contribution in [3.63, 3.8) is 0 Å². The van der Waals surface area contributed by atoms with Crippen molar-refractivity contribution in [2.75, 3.05) is 20.1 Å². The summed E-state index contributed by atoms with van der Waals surface area (Å²) in [5, 5.41) is 0. The summed E-state index contributed by atoms with van der Waals surface area (Å²) in [4.78, 5) is 2.61. The molecule has 0 saturated heterocycles. The quantitative estimate of drug-likeness (QED) is 0.778. The van der Waals surface area contributed by atoms with E-state index in [-0.39, 0.29) is 0 Å². The molecule has 0 bridgehead atoms. The van der Waals surface area contributed by atoms with E-state index in [1.54, 1.807) is 0 Å². The average Bonchev–Trinajstić information content (AvgIpc) is 2.29. The molecule has 94 valence electrons. The van der Waals surface area contributed by atoms with E-state index < -0.39 is 0 Å². The van der Waals surface area contributed by atoms with Crippen LogP contribution in [0, 0.1) is 5.41 Å².